The summed E-state index contributed by atoms with van der Waals surface area (Å²) in [6.07, 6.45) is 5.46. The van der Waals surface area contributed by atoms with Gasteiger partial charge in [0.2, 0.25) is 0 Å². The monoisotopic (exact) mass is 158 g/mol. The maximum Gasteiger partial charge on any atom is 0.0758 e. The van der Waals surface area contributed by atoms with Crippen LogP contribution in [0.4, 0.5) is 0 Å². The Morgan fingerprint density at radius 3 is 2.27 bits per heavy atom. The van der Waals surface area contributed by atoms with Gasteiger partial charge >= 0.3 is 0 Å². The van der Waals surface area contributed by atoms with Crippen molar-refractivity contribution in [3.05, 3.63) is 0 Å². The van der Waals surface area contributed by atoms with Gasteiger partial charge in [0.25, 0.3) is 0 Å². The van der Waals surface area contributed by atoms with Crippen molar-refractivity contribution in [2.75, 3.05) is 13.6 Å². The topological polar surface area (TPSA) is 16.6 Å². The molecule has 0 aromatic heterocycles. The van der Waals surface area contributed by atoms with E-state index in [9.17, 15) is 0 Å². The highest BCUT2D eigenvalue weighted by atomic mass is 14.8. The Hall–Kier alpha value is -0.0400. The van der Waals surface area contributed by atoms with Crippen molar-refractivity contribution in [3.63, 3.8) is 0 Å². The summed E-state index contributed by atoms with van der Waals surface area (Å²) in [7, 11) is 2.15. The SMILES string of the molecule is CCCCC(C)(C)CC[NH2+]C. The molecule has 0 heterocycles. The fourth-order valence-corrected chi connectivity index (χ4v) is 1.32. The Bertz CT molecular complexity index is 76.9. The summed E-state index contributed by atoms with van der Waals surface area (Å²) in [5.41, 5.74) is 0.572. The predicted molar refractivity (Wildman–Crippen MR) is 50.6 cm³/mol. The molecule has 0 aromatic rings. The summed E-state index contributed by atoms with van der Waals surface area (Å²) in [5.74, 6) is 0. The van der Waals surface area contributed by atoms with Gasteiger partial charge < -0.3 is 5.32 Å². The minimum Gasteiger partial charge on any atom is -0.349 e. The molecule has 0 saturated carbocycles. The summed E-state index contributed by atoms with van der Waals surface area (Å²) in [5, 5.41) is 2.27. The van der Waals surface area contributed by atoms with Crippen LogP contribution >= 0.6 is 0 Å². The molecule has 0 unspecified atom stereocenters. The van der Waals surface area contributed by atoms with E-state index in [2.05, 4.69) is 33.1 Å². The number of hydrogen-bond acceptors (Lipinski definition) is 0. The lowest BCUT2D eigenvalue weighted by Crippen LogP contribution is -2.80. The first-order chi connectivity index (χ1) is 5.12. The standard InChI is InChI=1S/C10H23N/c1-5-6-7-10(2,3)8-9-11-4/h11H,5-9H2,1-4H3/p+1. The second-order valence-corrected chi connectivity index (χ2v) is 4.21. The predicted octanol–water partition coefficient (Wildman–Crippen LogP) is 1.79. The van der Waals surface area contributed by atoms with Gasteiger partial charge in [-0.15, -0.1) is 0 Å². The Balaban J connectivity index is 3.43. The van der Waals surface area contributed by atoms with Gasteiger partial charge in [-0.25, -0.2) is 0 Å². The smallest absolute Gasteiger partial charge is 0.0758 e. The normalized spacial score (nSPS) is 12.0. The first-order valence-electron chi connectivity index (χ1n) is 4.90. The van der Waals surface area contributed by atoms with Crippen molar-refractivity contribution in [2.45, 2.75) is 46.5 Å². The highest BCUT2D eigenvalue weighted by Crippen LogP contribution is 2.26. The van der Waals surface area contributed by atoms with Crippen LogP contribution in [0, 0.1) is 5.41 Å². The van der Waals surface area contributed by atoms with Crippen molar-refractivity contribution >= 4 is 0 Å². The molecule has 0 fully saturated rings. The molecule has 0 saturated heterocycles. The zero-order valence-electron chi connectivity index (χ0n) is 8.61. The second-order valence-electron chi connectivity index (χ2n) is 4.21. The van der Waals surface area contributed by atoms with Gasteiger partial charge in [0, 0.05) is 6.42 Å². The lowest BCUT2D eigenvalue weighted by molar-refractivity contribution is -0.628. The molecule has 0 aromatic carbocycles. The molecule has 0 aliphatic carbocycles. The molecule has 1 nitrogen and oxygen atoms in total. The van der Waals surface area contributed by atoms with Gasteiger partial charge in [-0.3, -0.25) is 0 Å². The molecule has 0 radical (unpaired) electrons. The molecule has 0 atom stereocenters. The third-order valence-electron chi connectivity index (χ3n) is 2.32. The molecule has 0 amide bonds. The second kappa shape index (κ2) is 5.59. The molecular weight excluding hydrogens is 134 g/mol. The van der Waals surface area contributed by atoms with Crippen molar-refractivity contribution < 1.29 is 5.32 Å². The molecule has 0 rings (SSSR count). The van der Waals surface area contributed by atoms with E-state index in [-0.39, 0.29) is 0 Å². The van der Waals surface area contributed by atoms with Crippen LogP contribution in [0.5, 0.6) is 0 Å². The van der Waals surface area contributed by atoms with Crippen molar-refractivity contribution in [1.29, 1.82) is 0 Å². The van der Waals surface area contributed by atoms with Crippen LogP contribution < -0.4 is 5.32 Å². The summed E-state index contributed by atoms with van der Waals surface area (Å²) in [4.78, 5) is 0. The van der Waals surface area contributed by atoms with E-state index in [0.29, 0.717) is 5.41 Å². The molecule has 1 heteroatoms. The third-order valence-corrected chi connectivity index (χ3v) is 2.32. The van der Waals surface area contributed by atoms with Crippen molar-refractivity contribution in [3.8, 4) is 0 Å². The summed E-state index contributed by atoms with van der Waals surface area (Å²) >= 11 is 0. The molecule has 0 spiro atoms. The zero-order valence-corrected chi connectivity index (χ0v) is 8.61. The van der Waals surface area contributed by atoms with E-state index >= 15 is 0 Å². The molecule has 0 aliphatic rings. The number of unbranched alkanes of at least 4 members (excludes halogenated alkanes) is 1. The molecule has 68 valence electrons. The van der Waals surface area contributed by atoms with Crippen LogP contribution in [-0.2, 0) is 0 Å². The Morgan fingerprint density at radius 2 is 1.82 bits per heavy atom. The van der Waals surface area contributed by atoms with E-state index in [4.69, 9.17) is 0 Å². The number of hydrogen-bond donors (Lipinski definition) is 1. The van der Waals surface area contributed by atoms with Crippen LogP contribution in [0.15, 0.2) is 0 Å². The van der Waals surface area contributed by atoms with Crippen LogP contribution in [0.2, 0.25) is 0 Å². The Morgan fingerprint density at radius 1 is 1.18 bits per heavy atom. The van der Waals surface area contributed by atoms with Gasteiger partial charge in [-0.1, -0.05) is 33.6 Å². The fraction of sp³-hybridized carbons (Fsp3) is 1.00. The molecule has 0 aliphatic heterocycles. The molecule has 2 N–H and O–H groups in total. The summed E-state index contributed by atoms with van der Waals surface area (Å²) in [6, 6.07) is 0. The van der Waals surface area contributed by atoms with Crippen molar-refractivity contribution in [2.24, 2.45) is 5.41 Å². The summed E-state index contributed by atoms with van der Waals surface area (Å²) < 4.78 is 0. The number of quaternary nitrogens is 1. The largest absolute Gasteiger partial charge is 0.349 e. The fourth-order valence-electron chi connectivity index (χ4n) is 1.32. The van der Waals surface area contributed by atoms with Crippen molar-refractivity contribution in [1.82, 2.24) is 0 Å². The number of nitrogens with two attached hydrogens (primary N) is 1. The van der Waals surface area contributed by atoms with Gasteiger partial charge in [-0.2, -0.15) is 0 Å². The quantitative estimate of drug-likeness (QED) is 0.607. The summed E-state index contributed by atoms with van der Waals surface area (Å²) in [6.45, 7) is 8.30. The van der Waals surface area contributed by atoms with Gasteiger partial charge in [0.15, 0.2) is 0 Å². The van der Waals surface area contributed by atoms with Crippen LogP contribution in [0.1, 0.15) is 46.5 Å². The lowest BCUT2D eigenvalue weighted by Gasteiger charge is -2.22. The third kappa shape index (κ3) is 6.36. The molecule has 11 heavy (non-hydrogen) atoms. The van der Waals surface area contributed by atoms with E-state index < -0.39 is 0 Å². The zero-order chi connectivity index (χ0) is 8.74. The Labute approximate surface area is 71.6 Å². The van der Waals surface area contributed by atoms with Gasteiger partial charge in [0.05, 0.1) is 13.6 Å². The maximum atomic E-state index is 2.38. The minimum absolute atomic E-state index is 0.572. The lowest BCUT2D eigenvalue weighted by atomic mass is 9.84. The van der Waals surface area contributed by atoms with E-state index in [1.165, 1.54) is 32.2 Å². The molecular formula is C10H24N+. The van der Waals surface area contributed by atoms with E-state index in [1.807, 2.05) is 0 Å². The highest BCUT2D eigenvalue weighted by Gasteiger charge is 2.16. The van der Waals surface area contributed by atoms with E-state index in [1.54, 1.807) is 0 Å². The van der Waals surface area contributed by atoms with Crippen LogP contribution in [-0.4, -0.2) is 13.6 Å². The van der Waals surface area contributed by atoms with Gasteiger partial charge in [-0.05, 0) is 11.8 Å². The Kier molecular flexibility index (Phi) is 5.57. The average molecular weight is 158 g/mol. The molecule has 0 bridgehead atoms. The van der Waals surface area contributed by atoms with Gasteiger partial charge in [0.1, 0.15) is 0 Å². The van der Waals surface area contributed by atoms with Crippen LogP contribution in [0.3, 0.4) is 0 Å². The minimum atomic E-state index is 0.572. The number of rotatable bonds is 6. The maximum absolute atomic E-state index is 2.38. The highest BCUT2D eigenvalue weighted by molar-refractivity contribution is 4.66. The average Bonchev–Trinajstić information content (AvgIpc) is 1.97. The van der Waals surface area contributed by atoms with E-state index in [0.717, 1.165) is 0 Å². The first-order valence-corrected chi connectivity index (χ1v) is 4.90. The first kappa shape index (κ1) is 11.0. The van der Waals surface area contributed by atoms with Crippen LogP contribution in [0.25, 0.3) is 0 Å².